The number of halogens is 2. The summed E-state index contributed by atoms with van der Waals surface area (Å²) in [6.07, 6.45) is 1.69. The minimum Gasteiger partial charge on any atom is -0.387 e. The van der Waals surface area contributed by atoms with Crippen molar-refractivity contribution in [3.05, 3.63) is 135 Å². The van der Waals surface area contributed by atoms with Crippen LogP contribution in [0.1, 0.15) is 58.9 Å². The Hall–Kier alpha value is -3.11. The highest BCUT2D eigenvalue weighted by molar-refractivity contribution is 6.30. The highest BCUT2D eigenvalue weighted by atomic mass is 35.5. The molecule has 1 atom stereocenters. The highest BCUT2D eigenvalue weighted by Crippen LogP contribution is 2.42. The Labute approximate surface area is 221 Å². The molecule has 1 N–H and O–H groups in total. The number of hydrogen-bond donors (Lipinski definition) is 1. The van der Waals surface area contributed by atoms with Gasteiger partial charge in [-0.25, -0.2) is 4.98 Å². The van der Waals surface area contributed by atoms with E-state index in [2.05, 4.69) is 47.0 Å². The quantitative estimate of drug-likeness (QED) is 0.223. The van der Waals surface area contributed by atoms with E-state index < -0.39 is 6.10 Å². The summed E-state index contributed by atoms with van der Waals surface area (Å²) in [6.45, 7) is 0.475. The van der Waals surface area contributed by atoms with Gasteiger partial charge in [-0.05, 0) is 71.5 Å². The molecule has 1 heterocycles. The minimum absolute atomic E-state index is 0.00991. The van der Waals surface area contributed by atoms with Crippen molar-refractivity contribution < 1.29 is 5.11 Å². The van der Waals surface area contributed by atoms with Gasteiger partial charge in [0.05, 0.1) is 23.7 Å². The van der Waals surface area contributed by atoms with Crippen LogP contribution in [0.5, 0.6) is 0 Å². The van der Waals surface area contributed by atoms with Gasteiger partial charge in [0, 0.05) is 21.9 Å². The number of imidazole rings is 1. The first kappa shape index (κ1) is 23.3. The maximum absolute atomic E-state index is 11.1. The van der Waals surface area contributed by atoms with Crippen LogP contribution in [0, 0.1) is 0 Å². The first-order valence-electron chi connectivity index (χ1n) is 12.3. The Kier molecular flexibility index (Phi) is 6.30. The maximum Gasteiger partial charge on any atom is 0.113 e. The molecule has 1 saturated carbocycles. The number of aliphatic hydroxyl groups is 1. The topological polar surface area (TPSA) is 38.0 Å². The highest BCUT2D eigenvalue weighted by Gasteiger charge is 2.31. The summed E-state index contributed by atoms with van der Waals surface area (Å²) in [5.41, 5.74) is 6.39. The molecule has 0 radical (unpaired) electrons. The second-order valence-corrected chi connectivity index (χ2v) is 10.4. The number of aliphatic hydroxyl groups excluding tert-OH is 1. The zero-order valence-electron chi connectivity index (χ0n) is 19.7. The molecule has 1 aliphatic rings. The third-order valence-electron chi connectivity index (χ3n) is 7.02. The van der Waals surface area contributed by atoms with E-state index >= 15 is 0 Å². The van der Waals surface area contributed by atoms with Gasteiger partial charge in [0.15, 0.2) is 0 Å². The third-order valence-corrected chi connectivity index (χ3v) is 7.53. The van der Waals surface area contributed by atoms with Crippen LogP contribution in [0.25, 0.3) is 11.0 Å². The van der Waals surface area contributed by atoms with Crippen LogP contribution in [-0.4, -0.2) is 14.7 Å². The van der Waals surface area contributed by atoms with E-state index in [9.17, 15) is 5.11 Å². The van der Waals surface area contributed by atoms with Gasteiger partial charge in [-0.1, -0.05) is 83.9 Å². The number of nitrogens with zero attached hydrogens (tertiary/aromatic N) is 2. The molecule has 1 aromatic heterocycles. The number of rotatable bonds is 7. The predicted octanol–water partition coefficient (Wildman–Crippen LogP) is 8.13. The molecule has 6 rings (SSSR count). The second-order valence-electron chi connectivity index (χ2n) is 9.57. The predicted molar refractivity (Wildman–Crippen MR) is 147 cm³/mol. The molecule has 0 unspecified atom stereocenters. The van der Waals surface area contributed by atoms with E-state index in [4.69, 9.17) is 28.2 Å². The fourth-order valence-corrected chi connectivity index (χ4v) is 5.28. The van der Waals surface area contributed by atoms with Crippen LogP contribution in [0.15, 0.2) is 97.1 Å². The van der Waals surface area contributed by atoms with Gasteiger partial charge in [-0.2, -0.15) is 0 Å². The van der Waals surface area contributed by atoms with Crippen LogP contribution in [0.2, 0.25) is 10.0 Å². The molecule has 180 valence electrons. The van der Waals surface area contributed by atoms with Gasteiger partial charge in [-0.15, -0.1) is 0 Å². The van der Waals surface area contributed by atoms with Crippen molar-refractivity contribution in [2.75, 3.05) is 0 Å². The Bertz CT molecular complexity index is 1440. The molecule has 4 aromatic carbocycles. The van der Waals surface area contributed by atoms with Crippen molar-refractivity contribution in [1.29, 1.82) is 0 Å². The van der Waals surface area contributed by atoms with Gasteiger partial charge in [0.1, 0.15) is 5.82 Å². The van der Waals surface area contributed by atoms with E-state index in [1.54, 1.807) is 0 Å². The van der Waals surface area contributed by atoms with Crippen LogP contribution < -0.4 is 0 Å². The average molecular weight is 513 g/mol. The molecule has 0 spiro atoms. The first-order valence-corrected chi connectivity index (χ1v) is 13.1. The van der Waals surface area contributed by atoms with Gasteiger partial charge in [0.2, 0.25) is 0 Å². The van der Waals surface area contributed by atoms with Gasteiger partial charge in [0.25, 0.3) is 0 Å². The zero-order chi connectivity index (χ0) is 24.6. The Balaban J connectivity index is 1.47. The third kappa shape index (κ3) is 4.67. The summed E-state index contributed by atoms with van der Waals surface area (Å²) < 4.78 is 2.23. The molecule has 0 aliphatic heterocycles. The summed E-state index contributed by atoms with van der Waals surface area (Å²) in [6, 6.07) is 32.4. The SMILES string of the molecule is O[C@H](Cn1c(C2CC2)nc2ccc(C(c3ccc(Cl)cc3)c3ccc(Cl)cc3)cc21)c1ccccc1. The summed E-state index contributed by atoms with van der Waals surface area (Å²) in [5.74, 6) is 1.55. The molecule has 5 aromatic rings. The lowest BCUT2D eigenvalue weighted by Crippen LogP contribution is -2.11. The lowest BCUT2D eigenvalue weighted by molar-refractivity contribution is 0.156. The van der Waals surface area contributed by atoms with Crippen molar-refractivity contribution >= 4 is 34.2 Å². The van der Waals surface area contributed by atoms with Crippen molar-refractivity contribution in [1.82, 2.24) is 9.55 Å². The molecule has 1 aliphatic carbocycles. The smallest absolute Gasteiger partial charge is 0.113 e. The van der Waals surface area contributed by atoms with Crippen molar-refractivity contribution in [2.24, 2.45) is 0 Å². The van der Waals surface area contributed by atoms with Crippen LogP contribution >= 0.6 is 23.2 Å². The van der Waals surface area contributed by atoms with E-state index in [1.807, 2.05) is 54.6 Å². The van der Waals surface area contributed by atoms with Crippen molar-refractivity contribution in [2.45, 2.75) is 37.3 Å². The molecule has 5 heteroatoms. The molecule has 3 nitrogen and oxygen atoms in total. The Morgan fingerprint density at radius 2 is 1.33 bits per heavy atom. The molecular formula is C31H26Cl2N2O. The number of fused-ring (bicyclic) bond motifs is 1. The fraction of sp³-hybridized carbons (Fsp3) is 0.194. The molecule has 0 amide bonds. The monoisotopic (exact) mass is 512 g/mol. The Morgan fingerprint density at radius 3 is 1.92 bits per heavy atom. The molecule has 0 bridgehead atoms. The summed E-state index contributed by atoms with van der Waals surface area (Å²) in [4.78, 5) is 5.01. The molecule has 0 saturated heterocycles. The van der Waals surface area contributed by atoms with Crippen LogP contribution in [0.4, 0.5) is 0 Å². The second kappa shape index (κ2) is 9.74. The number of hydrogen-bond acceptors (Lipinski definition) is 2. The normalized spacial score (nSPS) is 14.4. The van der Waals surface area contributed by atoms with Crippen LogP contribution in [-0.2, 0) is 6.54 Å². The van der Waals surface area contributed by atoms with E-state index in [-0.39, 0.29) is 5.92 Å². The standard InChI is InChI=1S/C31H26Cl2N2O/c32-25-13-8-21(9-14-25)30(22-10-15-26(33)16-11-22)24-12-17-27-28(18-24)35(31(34-27)23-6-7-23)19-29(36)20-4-2-1-3-5-20/h1-5,8-18,23,29-30,36H,6-7,19H2/t29-/m1/s1. The fourth-order valence-electron chi connectivity index (χ4n) is 5.02. The largest absolute Gasteiger partial charge is 0.387 e. The summed E-state index contributed by atoms with van der Waals surface area (Å²) >= 11 is 12.4. The van der Waals surface area contributed by atoms with Crippen LogP contribution in [0.3, 0.4) is 0 Å². The average Bonchev–Trinajstić information content (AvgIpc) is 3.69. The zero-order valence-corrected chi connectivity index (χ0v) is 21.2. The van der Waals surface area contributed by atoms with E-state index in [0.717, 1.165) is 52.0 Å². The van der Waals surface area contributed by atoms with E-state index in [1.165, 1.54) is 0 Å². The first-order chi connectivity index (χ1) is 17.6. The number of benzene rings is 4. The van der Waals surface area contributed by atoms with Gasteiger partial charge < -0.3 is 9.67 Å². The molecule has 1 fully saturated rings. The Morgan fingerprint density at radius 1 is 0.750 bits per heavy atom. The van der Waals surface area contributed by atoms with E-state index in [0.29, 0.717) is 22.5 Å². The van der Waals surface area contributed by atoms with Crippen molar-refractivity contribution in [3.63, 3.8) is 0 Å². The van der Waals surface area contributed by atoms with Gasteiger partial charge in [-0.3, -0.25) is 0 Å². The summed E-state index contributed by atoms with van der Waals surface area (Å²) in [7, 11) is 0. The lowest BCUT2D eigenvalue weighted by atomic mass is 9.85. The molecular weight excluding hydrogens is 487 g/mol. The number of aromatic nitrogens is 2. The van der Waals surface area contributed by atoms with Gasteiger partial charge >= 0.3 is 0 Å². The van der Waals surface area contributed by atoms with Crippen molar-refractivity contribution in [3.8, 4) is 0 Å². The minimum atomic E-state index is -0.604. The molecule has 36 heavy (non-hydrogen) atoms. The lowest BCUT2D eigenvalue weighted by Gasteiger charge is -2.20. The summed E-state index contributed by atoms with van der Waals surface area (Å²) in [5, 5.41) is 12.5. The maximum atomic E-state index is 11.1.